The van der Waals surface area contributed by atoms with Crippen LogP contribution < -0.4 is 0 Å². The van der Waals surface area contributed by atoms with Crippen molar-refractivity contribution in [2.24, 2.45) is 0 Å². The van der Waals surface area contributed by atoms with Crippen LogP contribution in [-0.4, -0.2) is 12.7 Å². The van der Waals surface area contributed by atoms with E-state index in [-0.39, 0.29) is 6.10 Å². The number of hydrogen-bond donors (Lipinski definition) is 0. The first kappa shape index (κ1) is 5.80. The summed E-state index contributed by atoms with van der Waals surface area (Å²) in [4.78, 5) is 0. The van der Waals surface area contributed by atoms with Gasteiger partial charge in [0.05, 0.1) is 6.61 Å². The maximum atomic E-state index is 5.16. The molecule has 0 aliphatic carbocycles. The van der Waals surface area contributed by atoms with E-state index in [0.717, 1.165) is 18.8 Å². The Morgan fingerprint density at radius 1 is 1.40 bits per heavy atom. The van der Waals surface area contributed by atoms with Crippen LogP contribution in [0.25, 0.3) is 0 Å². The quantitative estimate of drug-likeness (QED) is 0.546. The zero-order chi connectivity index (χ0) is 6.81. The lowest BCUT2D eigenvalue weighted by atomic mass is 10.1. The van der Waals surface area contributed by atoms with E-state index in [9.17, 15) is 0 Å². The third kappa shape index (κ3) is 0.885. The molecular weight excluding hydrogens is 132 g/mol. The molecule has 0 amide bonds. The van der Waals surface area contributed by atoms with Gasteiger partial charge in [-0.15, -0.1) is 0 Å². The van der Waals surface area contributed by atoms with Crippen LogP contribution in [0.5, 0.6) is 0 Å². The highest BCUT2D eigenvalue weighted by Crippen LogP contribution is 2.22. The predicted octanol–water partition coefficient (Wildman–Crippen LogP) is 1.13. The van der Waals surface area contributed by atoms with E-state index < -0.39 is 0 Å². The first-order valence-electron chi connectivity index (χ1n) is 3.25. The molecule has 2 heterocycles. The summed E-state index contributed by atoms with van der Waals surface area (Å²) in [6.07, 6.45) is 5.73. The third-order valence-corrected chi connectivity index (χ3v) is 1.54. The fourth-order valence-electron chi connectivity index (χ4n) is 0.884. The normalized spacial score (nSPS) is 29.6. The molecule has 1 fully saturated rings. The Kier molecular flexibility index (Phi) is 1.36. The molecule has 2 aliphatic rings. The summed E-state index contributed by atoms with van der Waals surface area (Å²) in [6.45, 7) is 0.828. The van der Waals surface area contributed by atoms with E-state index in [1.807, 2.05) is 0 Å². The fraction of sp³-hybridized carbons (Fsp3) is 0.429. The molecule has 54 valence electrons. The number of ether oxygens (including phenoxy) is 3. The zero-order valence-electron chi connectivity index (χ0n) is 5.45. The molecule has 1 saturated heterocycles. The summed E-state index contributed by atoms with van der Waals surface area (Å²) in [5, 5.41) is 0. The lowest BCUT2D eigenvalue weighted by molar-refractivity contribution is -0.0535. The van der Waals surface area contributed by atoms with Gasteiger partial charge in [-0.05, 0) is 0 Å². The molecule has 0 saturated carbocycles. The molecule has 2 rings (SSSR count). The van der Waals surface area contributed by atoms with Crippen molar-refractivity contribution in [3.63, 3.8) is 0 Å². The van der Waals surface area contributed by atoms with Gasteiger partial charge in [0.25, 0.3) is 0 Å². The Balaban J connectivity index is 1.96. The summed E-state index contributed by atoms with van der Waals surface area (Å²) in [5.41, 5.74) is 0. The molecular formula is C7H8O3. The average molecular weight is 140 g/mol. The van der Waals surface area contributed by atoms with E-state index in [4.69, 9.17) is 14.2 Å². The Morgan fingerprint density at radius 2 is 2.30 bits per heavy atom. The summed E-state index contributed by atoms with van der Waals surface area (Å²) < 4.78 is 15.2. The molecule has 1 unspecified atom stereocenters. The van der Waals surface area contributed by atoms with Crippen molar-refractivity contribution in [2.45, 2.75) is 12.5 Å². The monoisotopic (exact) mass is 140 g/mol. The van der Waals surface area contributed by atoms with Gasteiger partial charge < -0.3 is 14.2 Å². The molecule has 1 atom stereocenters. The Bertz CT molecular complexity index is 179. The van der Waals surface area contributed by atoms with Gasteiger partial charge in [-0.3, -0.25) is 0 Å². The molecule has 0 aromatic carbocycles. The second-order valence-electron chi connectivity index (χ2n) is 2.19. The average Bonchev–Trinajstić information content (AvgIpc) is 1.86. The second-order valence-corrected chi connectivity index (χ2v) is 2.19. The van der Waals surface area contributed by atoms with Crippen LogP contribution in [-0.2, 0) is 14.2 Å². The highest BCUT2D eigenvalue weighted by atomic mass is 16.6. The van der Waals surface area contributed by atoms with Gasteiger partial charge in [0.2, 0.25) is 0 Å². The molecule has 0 aromatic rings. The number of rotatable bonds is 1. The van der Waals surface area contributed by atoms with E-state index in [0.29, 0.717) is 0 Å². The summed E-state index contributed by atoms with van der Waals surface area (Å²) >= 11 is 0. The molecule has 0 radical (unpaired) electrons. The van der Waals surface area contributed by atoms with Crippen molar-refractivity contribution < 1.29 is 14.2 Å². The summed E-state index contributed by atoms with van der Waals surface area (Å²) in [5.74, 6) is 0.772. The fourth-order valence-corrected chi connectivity index (χ4v) is 0.884. The van der Waals surface area contributed by atoms with Crippen LogP contribution in [0, 0.1) is 0 Å². The molecule has 2 aliphatic heterocycles. The SMILES string of the molecule is C1=COC(C2CCO2)=CO1. The Morgan fingerprint density at radius 3 is 2.80 bits per heavy atom. The summed E-state index contributed by atoms with van der Waals surface area (Å²) in [6, 6.07) is 0. The van der Waals surface area contributed by atoms with Crippen molar-refractivity contribution in [3.8, 4) is 0 Å². The zero-order valence-corrected chi connectivity index (χ0v) is 5.45. The van der Waals surface area contributed by atoms with Crippen molar-refractivity contribution >= 4 is 0 Å². The van der Waals surface area contributed by atoms with Crippen LogP contribution in [0.2, 0.25) is 0 Å². The van der Waals surface area contributed by atoms with E-state index >= 15 is 0 Å². The standard InChI is InChI=1S/C7H8O3/c1-2-9-6(1)7-5-8-3-4-10-7/h3-6H,1-2H2. The highest BCUT2D eigenvalue weighted by molar-refractivity contribution is 5.04. The van der Waals surface area contributed by atoms with Crippen LogP contribution in [0.15, 0.2) is 24.5 Å². The van der Waals surface area contributed by atoms with Crippen molar-refractivity contribution in [1.29, 1.82) is 0 Å². The van der Waals surface area contributed by atoms with Gasteiger partial charge in [-0.2, -0.15) is 0 Å². The smallest absolute Gasteiger partial charge is 0.167 e. The minimum Gasteiger partial charge on any atom is -0.466 e. The predicted molar refractivity (Wildman–Crippen MR) is 33.8 cm³/mol. The molecule has 3 nitrogen and oxygen atoms in total. The van der Waals surface area contributed by atoms with Gasteiger partial charge in [0.15, 0.2) is 5.76 Å². The van der Waals surface area contributed by atoms with Crippen LogP contribution in [0.3, 0.4) is 0 Å². The molecule has 0 spiro atoms. The van der Waals surface area contributed by atoms with Crippen LogP contribution in [0.4, 0.5) is 0 Å². The Labute approximate surface area is 58.9 Å². The van der Waals surface area contributed by atoms with Gasteiger partial charge in [0, 0.05) is 6.42 Å². The number of hydrogen-bond acceptors (Lipinski definition) is 3. The van der Waals surface area contributed by atoms with E-state index in [1.54, 1.807) is 6.26 Å². The minimum absolute atomic E-state index is 0.130. The molecule has 10 heavy (non-hydrogen) atoms. The van der Waals surface area contributed by atoms with Crippen molar-refractivity contribution in [3.05, 3.63) is 24.5 Å². The van der Waals surface area contributed by atoms with E-state index in [1.165, 1.54) is 12.5 Å². The van der Waals surface area contributed by atoms with Crippen LogP contribution >= 0.6 is 0 Å². The largest absolute Gasteiger partial charge is 0.466 e. The Hall–Kier alpha value is -0.960. The second kappa shape index (κ2) is 2.34. The lowest BCUT2D eigenvalue weighted by Gasteiger charge is -2.27. The van der Waals surface area contributed by atoms with Crippen molar-refractivity contribution in [1.82, 2.24) is 0 Å². The van der Waals surface area contributed by atoms with Gasteiger partial charge in [-0.25, -0.2) is 0 Å². The minimum atomic E-state index is 0.130. The van der Waals surface area contributed by atoms with Crippen LogP contribution in [0.1, 0.15) is 6.42 Å². The van der Waals surface area contributed by atoms with Gasteiger partial charge in [0.1, 0.15) is 24.9 Å². The molecule has 3 heteroatoms. The summed E-state index contributed by atoms with van der Waals surface area (Å²) in [7, 11) is 0. The molecule has 0 bridgehead atoms. The highest BCUT2D eigenvalue weighted by Gasteiger charge is 2.25. The van der Waals surface area contributed by atoms with E-state index in [2.05, 4.69) is 0 Å². The third-order valence-electron chi connectivity index (χ3n) is 1.54. The van der Waals surface area contributed by atoms with Crippen molar-refractivity contribution in [2.75, 3.05) is 6.61 Å². The maximum Gasteiger partial charge on any atom is 0.167 e. The molecule has 0 N–H and O–H groups in total. The topological polar surface area (TPSA) is 27.7 Å². The first-order valence-corrected chi connectivity index (χ1v) is 3.25. The molecule has 0 aromatic heterocycles. The lowest BCUT2D eigenvalue weighted by Crippen LogP contribution is -2.29. The van der Waals surface area contributed by atoms with Gasteiger partial charge in [-0.1, -0.05) is 0 Å². The maximum absolute atomic E-state index is 5.16. The first-order chi connectivity index (χ1) is 4.97. The van der Waals surface area contributed by atoms with Gasteiger partial charge >= 0.3 is 0 Å².